The predicted molar refractivity (Wildman–Crippen MR) is 57.6 cm³/mol. The molecule has 3 heteroatoms. The van der Waals surface area contributed by atoms with Gasteiger partial charge in [0.05, 0.1) is 6.61 Å². The number of aliphatic hydroxyl groups is 1. The molecular weight excluding hydrogens is 192 g/mol. The third-order valence-electron chi connectivity index (χ3n) is 1.92. The number of hydrogen-bond donors (Lipinski definition) is 1. The Labute approximate surface area is 89.6 Å². The third kappa shape index (κ3) is 3.28. The predicted octanol–water partition coefficient (Wildman–Crippen LogP) is 1.38. The third-order valence-corrected chi connectivity index (χ3v) is 1.92. The SMILES string of the molecule is C#CC(O)c1ccccc1OCCOC. The van der Waals surface area contributed by atoms with Crippen molar-refractivity contribution < 1.29 is 14.6 Å². The van der Waals surface area contributed by atoms with Crippen LogP contribution < -0.4 is 4.74 Å². The van der Waals surface area contributed by atoms with E-state index in [2.05, 4.69) is 5.92 Å². The Morgan fingerprint density at radius 2 is 2.13 bits per heavy atom. The van der Waals surface area contributed by atoms with Gasteiger partial charge in [-0.15, -0.1) is 6.42 Å². The molecular formula is C12H14O3. The molecule has 0 saturated carbocycles. The Morgan fingerprint density at radius 1 is 1.40 bits per heavy atom. The van der Waals surface area contributed by atoms with E-state index in [0.29, 0.717) is 24.5 Å². The number of rotatable bonds is 5. The van der Waals surface area contributed by atoms with Crippen LogP contribution in [0.1, 0.15) is 11.7 Å². The Balaban J connectivity index is 2.74. The number of hydrogen-bond acceptors (Lipinski definition) is 3. The molecule has 0 radical (unpaired) electrons. The van der Waals surface area contributed by atoms with Crippen LogP contribution in [0.25, 0.3) is 0 Å². The first-order valence-corrected chi connectivity index (χ1v) is 4.64. The van der Waals surface area contributed by atoms with Gasteiger partial charge in [0.25, 0.3) is 0 Å². The lowest BCUT2D eigenvalue weighted by atomic mass is 10.1. The van der Waals surface area contributed by atoms with Crippen LogP contribution in [0.2, 0.25) is 0 Å². The molecule has 1 aromatic carbocycles. The smallest absolute Gasteiger partial charge is 0.143 e. The second kappa shape index (κ2) is 6.07. The molecule has 1 rings (SSSR count). The summed E-state index contributed by atoms with van der Waals surface area (Å²) in [5.74, 6) is 2.85. The highest BCUT2D eigenvalue weighted by atomic mass is 16.5. The first-order valence-electron chi connectivity index (χ1n) is 4.64. The van der Waals surface area contributed by atoms with Crippen LogP contribution >= 0.6 is 0 Å². The summed E-state index contributed by atoms with van der Waals surface area (Å²) in [7, 11) is 1.60. The molecule has 0 bridgehead atoms. The van der Waals surface area contributed by atoms with Crippen LogP contribution in [0.15, 0.2) is 24.3 Å². The van der Waals surface area contributed by atoms with Gasteiger partial charge in [0.15, 0.2) is 0 Å². The molecule has 0 amide bonds. The molecule has 0 spiro atoms. The van der Waals surface area contributed by atoms with Crippen molar-refractivity contribution in [1.82, 2.24) is 0 Å². The van der Waals surface area contributed by atoms with Gasteiger partial charge in [0, 0.05) is 12.7 Å². The highest BCUT2D eigenvalue weighted by Gasteiger charge is 2.09. The lowest BCUT2D eigenvalue weighted by Gasteiger charge is -2.12. The van der Waals surface area contributed by atoms with Gasteiger partial charge in [-0.25, -0.2) is 0 Å². The van der Waals surface area contributed by atoms with Crippen molar-refractivity contribution >= 4 is 0 Å². The summed E-state index contributed by atoms with van der Waals surface area (Å²) < 4.78 is 10.3. The number of aliphatic hydroxyl groups excluding tert-OH is 1. The van der Waals surface area contributed by atoms with Gasteiger partial charge in [-0.3, -0.25) is 0 Å². The maximum Gasteiger partial charge on any atom is 0.143 e. The molecule has 0 heterocycles. The van der Waals surface area contributed by atoms with Crippen LogP contribution in [0.5, 0.6) is 5.75 Å². The Kier molecular flexibility index (Phi) is 4.69. The first-order chi connectivity index (χ1) is 7.29. The van der Waals surface area contributed by atoms with E-state index in [-0.39, 0.29) is 0 Å². The molecule has 0 aliphatic carbocycles. The molecule has 0 fully saturated rings. The van der Waals surface area contributed by atoms with E-state index in [1.165, 1.54) is 0 Å². The molecule has 0 aliphatic heterocycles. The van der Waals surface area contributed by atoms with Gasteiger partial charge in [-0.05, 0) is 6.07 Å². The summed E-state index contributed by atoms with van der Waals surface area (Å²) >= 11 is 0. The molecule has 80 valence electrons. The minimum absolute atomic E-state index is 0.435. The summed E-state index contributed by atoms with van der Waals surface area (Å²) in [6.45, 7) is 0.936. The van der Waals surface area contributed by atoms with Crippen molar-refractivity contribution in [1.29, 1.82) is 0 Å². The number of para-hydroxylation sites is 1. The van der Waals surface area contributed by atoms with E-state index < -0.39 is 6.10 Å². The van der Waals surface area contributed by atoms with E-state index >= 15 is 0 Å². The number of benzene rings is 1. The fourth-order valence-corrected chi connectivity index (χ4v) is 1.16. The van der Waals surface area contributed by atoms with E-state index in [1.807, 2.05) is 6.07 Å². The molecule has 1 aromatic rings. The summed E-state index contributed by atoms with van der Waals surface area (Å²) in [5, 5.41) is 9.52. The van der Waals surface area contributed by atoms with Crippen LogP contribution in [0.3, 0.4) is 0 Å². The number of terminal acetylenes is 1. The van der Waals surface area contributed by atoms with E-state index in [1.54, 1.807) is 25.3 Å². The van der Waals surface area contributed by atoms with Gasteiger partial charge in [0.1, 0.15) is 18.5 Å². The van der Waals surface area contributed by atoms with Gasteiger partial charge < -0.3 is 14.6 Å². The average molecular weight is 206 g/mol. The fourth-order valence-electron chi connectivity index (χ4n) is 1.16. The van der Waals surface area contributed by atoms with Crippen molar-refractivity contribution in [3.63, 3.8) is 0 Å². The normalized spacial score (nSPS) is 11.8. The average Bonchev–Trinajstić information content (AvgIpc) is 2.29. The highest BCUT2D eigenvalue weighted by molar-refractivity contribution is 5.37. The van der Waals surface area contributed by atoms with Gasteiger partial charge in [0.2, 0.25) is 0 Å². The molecule has 0 aliphatic rings. The lowest BCUT2D eigenvalue weighted by Crippen LogP contribution is -2.07. The highest BCUT2D eigenvalue weighted by Crippen LogP contribution is 2.24. The molecule has 1 atom stereocenters. The largest absolute Gasteiger partial charge is 0.491 e. The Bertz CT molecular complexity index is 341. The summed E-state index contributed by atoms with van der Waals surface area (Å²) in [4.78, 5) is 0. The van der Waals surface area contributed by atoms with Crippen LogP contribution in [0.4, 0.5) is 0 Å². The van der Waals surface area contributed by atoms with E-state index in [9.17, 15) is 5.11 Å². The quantitative estimate of drug-likeness (QED) is 0.584. The maximum atomic E-state index is 9.52. The summed E-state index contributed by atoms with van der Waals surface area (Å²) in [6.07, 6.45) is 4.22. The standard InChI is InChI=1S/C12H14O3/c1-3-11(13)10-6-4-5-7-12(10)15-9-8-14-2/h1,4-7,11,13H,8-9H2,2H3. The maximum absolute atomic E-state index is 9.52. The van der Waals surface area contributed by atoms with Crippen molar-refractivity contribution in [3.8, 4) is 18.1 Å². The van der Waals surface area contributed by atoms with Crippen molar-refractivity contribution in [2.45, 2.75) is 6.10 Å². The molecule has 0 saturated heterocycles. The molecule has 15 heavy (non-hydrogen) atoms. The van der Waals surface area contributed by atoms with Gasteiger partial charge in [-0.2, -0.15) is 0 Å². The van der Waals surface area contributed by atoms with Crippen LogP contribution in [-0.4, -0.2) is 25.4 Å². The minimum atomic E-state index is -0.927. The van der Waals surface area contributed by atoms with Crippen LogP contribution in [0, 0.1) is 12.3 Å². The number of methoxy groups -OCH3 is 1. The summed E-state index contributed by atoms with van der Waals surface area (Å²) in [6, 6.07) is 7.15. The monoisotopic (exact) mass is 206 g/mol. The second-order valence-corrected chi connectivity index (χ2v) is 2.95. The zero-order valence-corrected chi connectivity index (χ0v) is 8.64. The topological polar surface area (TPSA) is 38.7 Å². The fraction of sp³-hybridized carbons (Fsp3) is 0.333. The molecule has 1 N–H and O–H groups in total. The molecule has 0 aromatic heterocycles. The Morgan fingerprint density at radius 3 is 2.80 bits per heavy atom. The zero-order valence-electron chi connectivity index (χ0n) is 8.64. The van der Waals surface area contributed by atoms with E-state index in [0.717, 1.165) is 0 Å². The Hall–Kier alpha value is -1.50. The minimum Gasteiger partial charge on any atom is -0.491 e. The zero-order chi connectivity index (χ0) is 11.1. The van der Waals surface area contributed by atoms with Gasteiger partial charge in [-0.1, -0.05) is 24.1 Å². The van der Waals surface area contributed by atoms with Crippen LogP contribution in [-0.2, 0) is 4.74 Å². The lowest BCUT2D eigenvalue weighted by molar-refractivity contribution is 0.143. The van der Waals surface area contributed by atoms with Crippen molar-refractivity contribution in [2.75, 3.05) is 20.3 Å². The van der Waals surface area contributed by atoms with E-state index in [4.69, 9.17) is 15.9 Å². The molecule has 3 nitrogen and oxygen atoms in total. The second-order valence-electron chi connectivity index (χ2n) is 2.95. The number of ether oxygens (including phenoxy) is 2. The first kappa shape index (κ1) is 11.6. The van der Waals surface area contributed by atoms with Crippen molar-refractivity contribution in [3.05, 3.63) is 29.8 Å². The molecule has 1 unspecified atom stereocenters. The summed E-state index contributed by atoms with van der Waals surface area (Å²) in [5.41, 5.74) is 0.608. The van der Waals surface area contributed by atoms with Gasteiger partial charge >= 0.3 is 0 Å². The van der Waals surface area contributed by atoms with Crippen molar-refractivity contribution in [2.24, 2.45) is 0 Å².